The van der Waals surface area contributed by atoms with Gasteiger partial charge >= 0.3 is 6.18 Å². The number of rotatable bonds is 6. The van der Waals surface area contributed by atoms with Gasteiger partial charge in [0.15, 0.2) is 0 Å². The van der Waals surface area contributed by atoms with E-state index in [9.17, 15) is 26.4 Å². The number of hydrogen-bond acceptors (Lipinski definition) is 5. The fraction of sp³-hybridized carbons (Fsp3) is 0.286. The first-order chi connectivity index (χ1) is 15.1. The molecule has 0 spiro atoms. The molecule has 172 valence electrons. The van der Waals surface area contributed by atoms with Crippen molar-refractivity contribution in [1.29, 1.82) is 0 Å². The first kappa shape index (κ1) is 23.8. The first-order valence-electron chi connectivity index (χ1n) is 9.76. The number of hydroxylamine groups is 1. The van der Waals surface area contributed by atoms with Crippen molar-refractivity contribution < 1.29 is 31.6 Å². The number of halogens is 3. The van der Waals surface area contributed by atoms with Crippen LogP contribution in [0, 0.1) is 0 Å². The van der Waals surface area contributed by atoms with Crippen molar-refractivity contribution in [2.24, 2.45) is 0 Å². The Kier molecular flexibility index (Phi) is 7.22. The smallest absolute Gasteiger partial charge is 0.371 e. The van der Waals surface area contributed by atoms with Crippen LogP contribution in [-0.2, 0) is 21.0 Å². The molecule has 7 nitrogen and oxygen atoms in total. The van der Waals surface area contributed by atoms with E-state index in [1.807, 2.05) is 24.3 Å². The van der Waals surface area contributed by atoms with Crippen LogP contribution in [0.1, 0.15) is 24.0 Å². The standard InChI is InChI=1S/C21H22F3N3O4S/c22-21(23,24)16-6-8-18(9-7-16)32(30,31)26-17-11-13-27(14-12-17)19-4-2-1-3-15(19)5-10-20(28)25-29/h1-10,17,26,29H,11-14H2,(H,25,28)/b10-5+. The van der Waals surface area contributed by atoms with Crippen molar-refractivity contribution in [3.8, 4) is 0 Å². The van der Waals surface area contributed by atoms with E-state index in [2.05, 4.69) is 9.62 Å². The Bertz CT molecular complexity index is 1080. The van der Waals surface area contributed by atoms with E-state index in [-0.39, 0.29) is 10.9 Å². The third kappa shape index (κ3) is 5.87. The van der Waals surface area contributed by atoms with E-state index >= 15 is 0 Å². The molecule has 1 amide bonds. The van der Waals surface area contributed by atoms with Gasteiger partial charge in [-0.1, -0.05) is 18.2 Å². The number of nitrogens with one attached hydrogen (secondary N) is 2. The summed E-state index contributed by atoms with van der Waals surface area (Å²) >= 11 is 0. The predicted molar refractivity (Wildman–Crippen MR) is 112 cm³/mol. The molecule has 1 heterocycles. The maximum Gasteiger partial charge on any atom is 0.416 e. The average molecular weight is 469 g/mol. The molecule has 1 fully saturated rings. The summed E-state index contributed by atoms with van der Waals surface area (Å²) in [5, 5.41) is 8.62. The van der Waals surface area contributed by atoms with Crippen molar-refractivity contribution >= 4 is 27.7 Å². The molecule has 0 aliphatic carbocycles. The molecule has 0 bridgehead atoms. The third-order valence-electron chi connectivity index (χ3n) is 5.11. The van der Waals surface area contributed by atoms with E-state index in [4.69, 9.17) is 5.21 Å². The van der Waals surface area contributed by atoms with Crippen LogP contribution in [0.2, 0.25) is 0 Å². The zero-order valence-corrected chi connectivity index (χ0v) is 17.7. The van der Waals surface area contributed by atoms with Crippen LogP contribution in [0.15, 0.2) is 59.5 Å². The van der Waals surface area contributed by atoms with Gasteiger partial charge in [0.1, 0.15) is 0 Å². The molecular weight excluding hydrogens is 447 g/mol. The van der Waals surface area contributed by atoms with Crippen LogP contribution in [0.25, 0.3) is 6.08 Å². The zero-order chi connectivity index (χ0) is 23.4. The zero-order valence-electron chi connectivity index (χ0n) is 16.8. The quantitative estimate of drug-likeness (QED) is 0.343. The summed E-state index contributed by atoms with van der Waals surface area (Å²) in [5.41, 5.74) is 2.24. The Morgan fingerprint density at radius 3 is 2.28 bits per heavy atom. The number of carbonyl (C=O) groups is 1. The van der Waals surface area contributed by atoms with Crippen molar-refractivity contribution in [2.45, 2.75) is 30.0 Å². The van der Waals surface area contributed by atoms with Gasteiger partial charge in [-0.25, -0.2) is 18.6 Å². The summed E-state index contributed by atoms with van der Waals surface area (Å²) in [6.45, 7) is 1.08. The third-order valence-corrected chi connectivity index (χ3v) is 6.65. The van der Waals surface area contributed by atoms with Gasteiger partial charge in [-0.2, -0.15) is 13.2 Å². The SMILES string of the molecule is O=C(/C=C/c1ccccc1N1CCC(NS(=O)(=O)c2ccc(C(F)(F)F)cc2)CC1)NO. The summed E-state index contributed by atoms with van der Waals surface area (Å²) in [4.78, 5) is 13.1. The molecule has 0 unspecified atom stereocenters. The fourth-order valence-corrected chi connectivity index (χ4v) is 4.77. The lowest BCUT2D eigenvalue weighted by Gasteiger charge is -2.34. The second-order valence-electron chi connectivity index (χ2n) is 7.27. The molecule has 3 rings (SSSR count). The van der Waals surface area contributed by atoms with Gasteiger partial charge in [0.2, 0.25) is 10.0 Å². The minimum Gasteiger partial charge on any atom is -0.371 e. The van der Waals surface area contributed by atoms with Crippen molar-refractivity contribution in [3.05, 3.63) is 65.7 Å². The highest BCUT2D eigenvalue weighted by atomic mass is 32.2. The van der Waals surface area contributed by atoms with Gasteiger partial charge < -0.3 is 4.90 Å². The van der Waals surface area contributed by atoms with Gasteiger partial charge in [0.25, 0.3) is 5.91 Å². The minimum absolute atomic E-state index is 0.217. The minimum atomic E-state index is -4.53. The lowest BCUT2D eigenvalue weighted by molar-refractivity contribution is -0.137. The van der Waals surface area contributed by atoms with Crippen LogP contribution in [0.3, 0.4) is 0 Å². The maximum atomic E-state index is 12.7. The maximum absolute atomic E-state index is 12.7. The Morgan fingerprint density at radius 2 is 1.69 bits per heavy atom. The molecule has 0 saturated carbocycles. The number of alkyl halides is 3. The lowest BCUT2D eigenvalue weighted by Crippen LogP contribution is -2.44. The molecule has 0 atom stereocenters. The van der Waals surface area contributed by atoms with Crippen molar-refractivity contribution in [1.82, 2.24) is 10.2 Å². The summed E-state index contributed by atoms with van der Waals surface area (Å²) in [7, 11) is -3.95. The number of piperidine rings is 1. The summed E-state index contributed by atoms with van der Waals surface area (Å²) in [6, 6.07) is 10.4. The van der Waals surface area contributed by atoms with Gasteiger partial charge in [-0.05, 0) is 54.8 Å². The van der Waals surface area contributed by atoms with E-state index in [1.54, 1.807) is 6.08 Å². The van der Waals surface area contributed by atoms with E-state index in [0.29, 0.717) is 25.9 Å². The Morgan fingerprint density at radius 1 is 1.06 bits per heavy atom. The lowest BCUT2D eigenvalue weighted by atomic mass is 10.0. The van der Waals surface area contributed by atoms with Crippen LogP contribution >= 0.6 is 0 Å². The number of sulfonamides is 1. The van der Waals surface area contributed by atoms with Crippen molar-refractivity contribution in [2.75, 3.05) is 18.0 Å². The molecule has 1 aliphatic rings. The number of para-hydroxylation sites is 1. The van der Waals surface area contributed by atoms with Crippen LogP contribution in [0.4, 0.5) is 18.9 Å². The van der Waals surface area contributed by atoms with Gasteiger partial charge in [0.05, 0.1) is 10.5 Å². The Labute approximate surface area is 183 Å². The first-order valence-corrected chi connectivity index (χ1v) is 11.2. The topological polar surface area (TPSA) is 98.7 Å². The number of hydrogen-bond donors (Lipinski definition) is 3. The molecule has 2 aromatic carbocycles. The molecule has 0 radical (unpaired) electrons. The molecule has 3 N–H and O–H groups in total. The Balaban J connectivity index is 1.64. The van der Waals surface area contributed by atoms with Crippen molar-refractivity contribution in [3.63, 3.8) is 0 Å². The summed E-state index contributed by atoms with van der Waals surface area (Å²) < 4.78 is 65.8. The van der Waals surface area contributed by atoms with Gasteiger partial charge in [0, 0.05) is 30.9 Å². The highest BCUT2D eigenvalue weighted by Gasteiger charge is 2.31. The summed E-state index contributed by atoms with van der Waals surface area (Å²) in [6.07, 6.45) is -0.774. The second kappa shape index (κ2) is 9.72. The molecule has 1 aliphatic heterocycles. The van der Waals surface area contributed by atoms with Gasteiger partial charge in [-0.3, -0.25) is 10.0 Å². The number of benzene rings is 2. The number of carbonyl (C=O) groups excluding carboxylic acids is 1. The Hall–Kier alpha value is -2.89. The highest BCUT2D eigenvalue weighted by Crippen LogP contribution is 2.30. The number of nitrogens with zero attached hydrogens (tertiary/aromatic N) is 1. The molecule has 2 aromatic rings. The van der Waals surface area contributed by atoms with E-state index in [0.717, 1.165) is 35.5 Å². The van der Waals surface area contributed by atoms with E-state index < -0.39 is 27.7 Å². The highest BCUT2D eigenvalue weighted by molar-refractivity contribution is 7.89. The molecule has 0 aromatic heterocycles. The second-order valence-corrected chi connectivity index (χ2v) is 8.99. The van der Waals surface area contributed by atoms with Crippen LogP contribution < -0.4 is 15.1 Å². The number of anilines is 1. The average Bonchev–Trinajstić information content (AvgIpc) is 2.77. The van der Waals surface area contributed by atoms with Gasteiger partial charge in [-0.15, -0.1) is 0 Å². The predicted octanol–water partition coefficient (Wildman–Crippen LogP) is 3.17. The van der Waals surface area contributed by atoms with E-state index in [1.165, 1.54) is 11.6 Å². The normalized spacial score (nSPS) is 15.8. The number of amides is 1. The molecule has 1 saturated heterocycles. The van der Waals surface area contributed by atoms with Crippen LogP contribution in [0.5, 0.6) is 0 Å². The monoisotopic (exact) mass is 469 g/mol. The molecular formula is C21H22F3N3O4S. The largest absolute Gasteiger partial charge is 0.416 e. The molecule has 32 heavy (non-hydrogen) atoms. The summed E-state index contributed by atoms with van der Waals surface area (Å²) in [5.74, 6) is -0.656. The van der Waals surface area contributed by atoms with Crippen LogP contribution in [-0.4, -0.2) is 38.7 Å². The fourth-order valence-electron chi connectivity index (χ4n) is 3.47. The molecule has 11 heteroatoms.